The molecule has 5 nitrogen and oxygen atoms in total. The summed E-state index contributed by atoms with van der Waals surface area (Å²) >= 11 is 0. The minimum atomic E-state index is -1.22. The molecule has 3 N–H and O–H groups in total. The lowest BCUT2D eigenvalue weighted by atomic mass is 9.96. The van der Waals surface area contributed by atoms with Crippen molar-refractivity contribution in [3.8, 4) is 12.3 Å². The van der Waals surface area contributed by atoms with E-state index < -0.39 is 12.1 Å². The van der Waals surface area contributed by atoms with E-state index in [1.54, 1.807) is 0 Å². The van der Waals surface area contributed by atoms with Gasteiger partial charge in [-0.25, -0.2) is 9.59 Å². The maximum Gasteiger partial charge on any atom is 0.404 e. The minimum absolute atomic E-state index is 0.228. The van der Waals surface area contributed by atoms with Crippen molar-refractivity contribution in [2.75, 3.05) is 0 Å². The maximum atomic E-state index is 10.2. The summed E-state index contributed by atoms with van der Waals surface area (Å²) in [5, 5.41) is 18.3. The van der Waals surface area contributed by atoms with Gasteiger partial charge in [0.15, 0.2) is 0 Å². The van der Waals surface area contributed by atoms with Crippen LogP contribution in [0.2, 0.25) is 0 Å². The lowest BCUT2D eigenvalue weighted by Crippen LogP contribution is -2.34. The highest BCUT2D eigenvalue weighted by Crippen LogP contribution is 2.16. The molecule has 0 spiro atoms. The third-order valence-corrected chi connectivity index (χ3v) is 2.06. The van der Waals surface area contributed by atoms with Crippen molar-refractivity contribution in [3.63, 3.8) is 0 Å². The standard InChI is InChI=1S/C7H13NO2.C3H2O2/c9-7(10)8-6-4-2-1-3-5-6;1-2-3(4)5/h6,8H,1-5H2,(H,9,10);1H,(H,4,5). The average molecular weight is 213 g/mol. The lowest BCUT2D eigenvalue weighted by Gasteiger charge is -2.20. The fraction of sp³-hybridized carbons (Fsp3) is 0.600. The normalized spacial score (nSPS) is 15.4. The molecule has 15 heavy (non-hydrogen) atoms. The summed E-state index contributed by atoms with van der Waals surface area (Å²) < 4.78 is 0. The minimum Gasteiger partial charge on any atom is -0.472 e. The maximum absolute atomic E-state index is 10.2. The molecule has 0 aromatic rings. The molecule has 1 rings (SSSR count). The zero-order valence-electron chi connectivity index (χ0n) is 8.40. The van der Waals surface area contributed by atoms with Gasteiger partial charge in [0.2, 0.25) is 0 Å². The van der Waals surface area contributed by atoms with Gasteiger partial charge in [-0.05, 0) is 12.8 Å². The second-order valence-electron chi connectivity index (χ2n) is 3.23. The highest BCUT2D eigenvalue weighted by atomic mass is 16.4. The molecule has 0 radical (unpaired) electrons. The molecule has 0 atom stereocenters. The molecule has 1 amide bonds. The quantitative estimate of drug-likeness (QED) is 0.573. The number of nitrogens with one attached hydrogen (secondary N) is 1. The van der Waals surface area contributed by atoms with Crippen molar-refractivity contribution in [3.05, 3.63) is 0 Å². The Morgan fingerprint density at radius 1 is 1.20 bits per heavy atom. The molecule has 0 bridgehead atoms. The van der Waals surface area contributed by atoms with Gasteiger partial charge < -0.3 is 15.5 Å². The highest BCUT2D eigenvalue weighted by molar-refractivity contribution is 5.85. The molecule has 84 valence electrons. The highest BCUT2D eigenvalue weighted by Gasteiger charge is 2.14. The number of carboxylic acids is 1. The largest absolute Gasteiger partial charge is 0.472 e. The van der Waals surface area contributed by atoms with Crippen LogP contribution in [0.4, 0.5) is 4.79 Å². The molecule has 0 aliphatic heterocycles. The summed E-state index contributed by atoms with van der Waals surface area (Å²) in [4.78, 5) is 19.3. The summed E-state index contributed by atoms with van der Waals surface area (Å²) in [6, 6.07) is 0.228. The van der Waals surface area contributed by atoms with E-state index in [9.17, 15) is 4.79 Å². The molecular weight excluding hydrogens is 198 g/mol. The smallest absolute Gasteiger partial charge is 0.404 e. The second kappa shape index (κ2) is 7.68. The zero-order valence-corrected chi connectivity index (χ0v) is 8.40. The number of carboxylic acid groups (broad SMARTS) is 2. The van der Waals surface area contributed by atoms with Crippen molar-refractivity contribution >= 4 is 12.1 Å². The summed E-state index contributed by atoms with van der Waals surface area (Å²) in [6.45, 7) is 0. The molecule has 0 aromatic heterocycles. The van der Waals surface area contributed by atoms with Crippen molar-refractivity contribution in [1.29, 1.82) is 0 Å². The van der Waals surface area contributed by atoms with Crippen LogP contribution in [0.15, 0.2) is 0 Å². The van der Waals surface area contributed by atoms with Crippen LogP contribution in [-0.2, 0) is 4.79 Å². The van der Waals surface area contributed by atoms with E-state index in [1.807, 2.05) is 0 Å². The Bertz CT molecular complexity index is 251. The van der Waals surface area contributed by atoms with Crippen LogP contribution < -0.4 is 5.32 Å². The predicted molar refractivity (Wildman–Crippen MR) is 54.5 cm³/mol. The van der Waals surface area contributed by atoms with Gasteiger partial charge in [0.25, 0.3) is 0 Å². The number of hydrogen-bond acceptors (Lipinski definition) is 2. The van der Waals surface area contributed by atoms with Gasteiger partial charge in [-0.2, -0.15) is 0 Å². The molecule has 0 unspecified atom stereocenters. The van der Waals surface area contributed by atoms with Crippen molar-refractivity contribution in [1.82, 2.24) is 5.32 Å². The fourth-order valence-electron chi connectivity index (χ4n) is 1.42. The Kier molecular flexibility index (Phi) is 6.81. The average Bonchev–Trinajstić information content (AvgIpc) is 2.19. The number of rotatable bonds is 1. The van der Waals surface area contributed by atoms with Gasteiger partial charge >= 0.3 is 12.1 Å². The van der Waals surface area contributed by atoms with E-state index in [4.69, 9.17) is 15.0 Å². The first-order valence-electron chi connectivity index (χ1n) is 4.75. The van der Waals surface area contributed by atoms with E-state index in [-0.39, 0.29) is 6.04 Å². The summed E-state index contributed by atoms with van der Waals surface area (Å²) in [7, 11) is 0. The van der Waals surface area contributed by atoms with Gasteiger partial charge in [0.1, 0.15) is 0 Å². The molecule has 1 aliphatic carbocycles. The van der Waals surface area contributed by atoms with E-state index >= 15 is 0 Å². The van der Waals surface area contributed by atoms with Gasteiger partial charge in [0, 0.05) is 12.0 Å². The number of amides is 1. The van der Waals surface area contributed by atoms with Gasteiger partial charge in [-0.15, -0.1) is 6.42 Å². The van der Waals surface area contributed by atoms with Crippen LogP contribution in [0.1, 0.15) is 32.1 Å². The Balaban J connectivity index is 0.000000336. The van der Waals surface area contributed by atoms with Gasteiger partial charge in [-0.3, -0.25) is 0 Å². The monoisotopic (exact) mass is 213 g/mol. The first kappa shape index (κ1) is 13.3. The van der Waals surface area contributed by atoms with Crippen LogP contribution in [0, 0.1) is 12.3 Å². The first-order valence-corrected chi connectivity index (χ1v) is 4.75. The Morgan fingerprint density at radius 3 is 2.00 bits per heavy atom. The van der Waals surface area contributed by atoms with E-state index in [2.05, 4.69) is 11.7 Å². The van der Waals surface area contributed by atoms with Crippen molar-refractivity contribution in [2.24, 2.45) is 0 Å². The molecule has 1 fully saturated rings. The molecule has 1 saturated carbocycles. The molecule has 0 saturated heterocycles. The summed E-state index contributed by atoms with van der Waals surface area (Å²) in [5.74, 6) is 0.227. The third-order valence-electron chi connectivity index (χ3n) is 2.06. The van der Waals surface area contributed by atoms with E-state index in [0.29, 0.717) is 0 Å². The van der Waals surface area contributed by atoms with Gasteiger partial charge in [-0.1, -0.05) is 19.3 Å². The van der Waals surface area contributed by atoms with Crippen molar-refractivity contribution in [2.45, 2.75) is 38.1 Å². The van der Waals surface area contributed by atoms with Crippen LogP contribution >= 0.6 is 0 Å². The Morgan fingerprint density at radius 2 is 1.67 bits per heavy atom. The fourth-order valence-corrected chi connectivity index (χ4v) is 1.42. The molecular formula is C10H15NO4. The number of aliphatic carboxylic acids is 1. The van der Waals surface area contributed by atoms with Crippen LogP contribution in [0.5, 0.6) is 0 Å². The van der Waals surface area contributed by atoms with Crippen molar-refractivity contribution < 1.29 is 19.8 Å². The number of terminal acetylenes is 1. The Labute approximate surface area is 88.5 Å². The first-order chi connectivity index (χ1) is 7.06. The molecule has 1 aliphatic rings. The van der Waals surface area contributed by atoms with E-state index in [1.165, 1.54) is 25.2 Å². The topological polar surface area (TPSA) is 86.6 Å². The second-order valence-corrected chi connectivity index (χ2v) is 3.23. The number of hydrogen-bond donors (Lipinski definition) is 3. The van der Waals surface area contributed by atoms with Crippen LogP contribution in [0.25, 0.3) is 0 Å². The van der Waals surface area contributed by atoms with Crippen LogP contribution in [0.3, 0.4) is 0 Å². The summed E-state index contributed by atoms with van der Waals surface area (Å²) in [6.07, 6.45) is 9.08. The SMILES string of the molecule is C#CC(=O)O.O=C(O)NC1CCCCC1. The molecule has 0 heterocycles. The van der Waals surface area contributed by atoms with Gasteiger partial charge in [0.05, 0.1) is 0 Å². The lowest BCUT2D eigenvalue weighted by molar-refractivity contribution is -0.130. The van der Waals surface area contributed by atoms with Crippen LogP contribution in [-0.4, -0.2) is 28.3 Å². The zero-order chi connectivity index (χ0) is 11.7. The predicted octanol–water partition coefficient (Wildman–Crippen LogP) is 1.29. The number of carbonyl (C=O) groups is 2. The molecule has 5 heteroatoms. The molecule has 0 aromatic carbocycles. The third kappa shape index (κ3) is 8.63. The van der Waals surface area contributed by atoms with E-state index in [0.717, 1.165) is 12.8 Å². The summed E-state index contributed by atoms with van der Waals surface area (Å²) in [5.41, 5.74) is 0. The Hall–Kier alpha value is -1.70.